The second-order valence-electron chi connectivity index (χ2n) is 4.72. The Morgan fingerprint density at radius 2 is 2.05 bits per heavy atom. The minimum Gasteiger partial charge on any atom is -0.478 e. The zero-order valence-electron chi connectivity index (χ0n) is 10.9. The molecule has 0 fully saturated rings. The van der Waals surface area contributed by atoms with Crippen molar-refractivity contribution in [2.75, 3.05) is 0 Å². The summed E-state index contributed by atoms with van der Waals surface area (Å²) in [5, 5.41) is 9.90. The molecule has 0 spiro atoms. The molecule has 1 N–H and O–H groups in total. The van der Waals surface area contributed by atoms with Gasteiger partial charge in [-0.25, -0.2) is 9.18 Å². The summed E-state index contributed by atoms with van der Waals surface area (Å²) in [5.74, 6) is -1.24. The molecular formula is C16H11BrFNO2. The molecule has 0 aliphatic heterocycles. The van der Waals surface area contributed by atoms with Crippen molar-refractivity contribution in [3.63, 3.8) is 0 Å². The topological polar surface area (TPSA) is 42.2 Å². The summed E-state index contributed by atoms with van der Waals surface area (Å²) in [6, 6.07) is 11.5. The predicted octanol–water partition coefficient (Wildman–Crippen LogP) is 4.29. The third-order valence-corrected chi connectivity index (χ3v) is 4.14. The smallest absolute Gasteiger partial charge is 0.336 e. The average molecular weight is 348 g/mol. The summed E-state index contributed by atoms with van der Waals surface area (Å²) >= 11 is 3.35. The molecule has 0 aliphatic rings. The van der Waals surface area contributed by atoms with Crippen molar-refractivity contribution in [1.82, 2.24) is 4.57 Å². The highest BCUT2D eigenvalue weighted by molar-refractivity contribution is 9.10. The summed E-state index contributed by atoms with van der Waals surface area (Å²) in [6.07, 6.45) is 1.84. The molecule has 0 radical (unpaired) electrons. The van der Waals surface area contributed by atoms with E-state index in [1.165, 1.54) is 12.1 Å². The molecular weight excluding hydrogens is 337 g/mol. The van der Waals surface area contributed by atoms with E-state index >= 15 is 0 Å². The number of hydrogen-bond donors (Lipinski definition) is 1. The number of fused-ring (bicyclic) bond motifs is 1. The molecule has 3 rings (SSSR count). The van der Waals surface area contributed by atoms with Crippen LogP contribution in [0.4, 0.5) is 4.39 Å². The van der Waals surface area contributed by atoms with Gasteiger partial charge in [-0.15, -0.1) is 0 Å². The highest BCUT2D eigenvalue weighted by atomic mass is 79.9. The van der Waals surface area contributed by atoms with Crippen molar-refractivity contribution in [3.05, 3.63) is 70.1 Å². The number of rotatable bonds is 3. The molecule has 0 bridgehead atoms. The van der Waals surface area contributed by atoms with Crippen LogP contribution in [0.25, 0.3) is 10.9 Å². The summed E-state index contributed by atoms with van der Waals surface area (Å²) in [4.78, 5) is 11.2. The van der Waals surface area contributed by atoms with Gasteiger partial charge in [-0.3, -0.25) is 0 Å². The molecule has 0 atom stereocenters. The van der Waals surface area contributed by atoms with E-state index in [0.29, 0.717) is 16.4 Å². The van der Waals surface area contributed by atoms with Gasteiger partial charge < -0.3 is 9.67 Å². The van der Waals surface area contributed by atoms with E-state index in [0.717, 1.165) is 11.1 Å². The number of hydrogen-bond acceptors (Lipinski definition) is 1. The quantitative estimate of drug-likeness (QED) is 0.767. The van der Waals surface area contributed by atoms with Gasteiger partial charge in [-0.2, -0.15) is 0 Å². The zero-order chi connectivity index (χ0) is 15.0. The van der Waals surface area contributed by atoms with Crippen LogP contribution in [0.2, 0.25) is 0 Å². The molecule has 0 aliphatic carbocycles. The molecule has 0 saturated carbocycles. The molecule has 0 unspecified atom stereocenters. The van der Waals surface area contributed by atoms with Crippen LogP contribution in [0.5, 0.6) is 0 Å². The van der Waals surface area contributed by atoms with Gasteiger partial charge in [0, 0.05) is 28.1 Å². The lowest BCUT2D eigenvalue weighted by Gasteiger charge is -2.08. The van der Waals surface area contributed by atoms with Crippen LogP contribution in [-0.2, 0) is 6.54 Å². The van der Waals surface area contributed by atoms with E-state index in [2.05, 4.69) is 15.9 Å². The molecule has 106 valence electrons. The molecule has 0 amide bonds. The average Bonchev–Trinajstić information content (AvgIpc) is 2.85. The monoisotopic (exact) mass is 347 g/mol. The zero-order valence-corrected chi connectivity index (χ0v) is 12.5. The molecule has 5 heteroatoms. The summed E-state index contributed by atoms with van der Waals surface area (Å²) < 4.78 is 15.8. The van der Waals surface area contributed by atoms with E-state index in [1.807, 2.05) is 16.8 Å². The van der Waals surface area contributed by atoms with Crippen LogP contribution in [0.15, 0.2) is 53.1 Å². The van der Waals surface area contributed by atoms with Crippen molar-refractivity contribution in [2.24, 2.45) is 0 Å². The summed E-state index contributed by atoms with van der Waals surface area (Å²) in [7, 11) is 0. The summed E-state index contributed by atoms with van der Waals surface area (Å²) in [5.41, 5.74) is 2.05. The number of aromatic carboxylic acids is 1. The van der Waals surface area contributed by atoms with Gasteiger partial charge in [-0.1, -0.05) is 28.1 Å². The van der Waals surface area contributed by atoms with Crippen LogP contribution in [-0.4, -0.2) is 15.6 Å². The Labute approximate surface area is 128 Å². The van der Waals surface area contributed by atoms with Gasteiger partial charge >= 0.3 is 5.97 Å². The van der Waals surface area contributed by atoms with Crippen molar-refractivity contribution in [1.29, 1.82) is 0 Å². The second-order valence-corrected chi connectivity index (χ2v) is 5.58. The number of carboxylic acids is 1. The number of carboxylic acid groups (broad SMARTS) is 1. The lowest BCUT2D eigenvalue weighted by atomic mass is 10.1. The maximum atomic E-state index is 13.1. The third kappa shape index (κ3) is 2.56. The van der Waals surface area contributed by atoms with Crippen molar-refractivity contribution in [2.45, 2.75) is 6.54 Å². The second kappa shape index (κ2) is 5.33. The minimum atomic E-state index is -0.943. The largest absolute Gasteiger partial charge is 0.478 e. The van der Waals surface area contributed by atoms with Crippen LogP contribution in [0.1, 0.15) is 15.9 Å². The fraction of sp³-hybridized carbons (Fsp3) is 0.0625. The fourth-order valence-corrected chi connectivity index (χ4v) is 2.86. The number of carbonyl (C=O) groups is 1. The Hall–Kier alpha value is -2.14. The van der Waals surface area contributed by atoms with Crippen LogP contribution < -0.4 is 0 Å². The van der Waals surface area contributed by atoms with Gasteiger partial charge in [0.1, 0.15) is 5.82 Å². The molecule has 21 heavy (non-hydrogen) atoms. The number of nitrogens with zero attached hydrogens (tertiary/aromatic N) is 1. The normalized spacial score (nSPS) is 11.0. The van der Waals surface area contributed by atoms with E-state index < -0.39 is 5.97 Å². The molecule has 3 aromatic rings. The van der Waals surface area contributed by atoms with E-state index in [1.54, 1.807) is 24.3 Å². The van der Waals surface area contributed by atoms with Crippen LogP contribution in [0, 0.1) is 5.82 Å². The number of halogens is 2. The third-order valence-electron chi connectivity index (χ3n) is 3.40. The first-order chi connectivity index (χ1) is 10.1. The van der Waals surface area contributed by atoms with Gasteiger partial charge in [0.25, 0.3) is 0 Å². The Balaban J connectivity index is 2.06. The highest BCUT2D eigenvalue weighted by Gasteiger charge is 2.11. The number of aromatic nitrogens is 1. The maximum Gasteiger partial charge on any atom is 0.336 e. The van der Waals surface area contributed by atoms with Gasteiger partial charge in [0.15, 0.2) is 0 Å². The van der Waals surface area contributed by atoms with E-state index in [9.17, 15) is 14.3 Å². The number of benzene rings is 2. The summed E-state index contributed by atoms with van der Waals surface area (Å²) in [6.45, 7) is 0.535. The first kappa shape index (κ1) is 13.8. The van der Waals surface area contributed by atoms with Crippen molar-refractivity contribution in [3.8, 4) is 0 Å². The maximum absolute atomic E-state index is 13.1. The minimum absolute atomic E-state index is 0.282. The standard InChI is InChI=1S/C16H11BrFNO2/c17-14-8-11(18)5-4-10(14)9-19-7-6-12-13(16(20)21)2-1-3-15(12)19/h1-8H,9H2,(H,20,21). The van der Waals surface area contributed by atoms with Crippen molar-refractivity contribution < 1.29 is 14.3 Å². The van der Waals surface area contributed by atoms with Crippen molar-refractivity contribution >= 4 is 32.8 Å². The fourth-order valence-electron chi connectivity index (χ4n) is 2.38. The lowest BCUT2D eigenvalue weighted by molar-refractivity contribution is 0.0699. The Morgan fingerprint density at radius 1 is 1.24 bits per heavy atom. The van der Waals surface area contributed by atoms with Gasteiger partial charge in [0.2, 0.25) is 0 Å². The highest BCUT2D eigenvalue weighted by Crippen LogP contribution is 2.24. The van der Waals surface area contributed by atoms with E-state index in [4.69, 9.17) is 0 Å². The Morgan fingerprint density at radius 3 is 2.76 bits per heavy atom. The van der Waals surface area contributed by atoms with Gasteiger partial charge in [-0.05, 0) is 35.9 Å². The molecule has 0 saturated heterocycles. The lowest BCUT2D eigenvalue weighted by Crippen LogP contribution is -2.00. The molecule has 3 nitrogen and oxygen atoms in total. The van der Waals surface area contributed by atoms with Gasteiger partial charge in [0.05, 0.1) is 5.56 Å². The molecule has 1 aromatic heterocycles. The molecule has 1 heterocycles. The predicted molar refractivity (Wildman–Crippen MR) is 82.1 cm³/mol. The SMILES string of the molecule is O=C(O)c1cccc2c1ccn2Cc1ccc(F)cc1Br. The van der Waals surface area contributed by atoms with E-state index in [-0.39, 0.29) is 11.4 Å². The first-order valence-electron chi connectivity index (χ1n) is 6.31. The van der Waals surface area contributed by atoms with Crippen LogP contribution in [0.3, 0.4) is 0 Å². The Bertz CT molecular complexity index is 841. The first-order valence-corrected chi connectivity index (χ1v) is 7.10. The molecule has 2 aromatic carbocycles. The van der Waals surface area contributed by atoms with Crippen LogP contribution >= 0.6 is 15.9 Å². The Kier molecular flexibility index (Phi) is 3.51.